The number of sulfonamides is 1. The molecule has 0 saturated carbocycles. The molecule has 7 nitrogen and oxygen atoms in total. The van der Waals surface area contributed by atoms with Crippen molar-refractivity contribution in [2.24, 2.45) is 0 Å². The lowest BCUT2D eigenvalue weighted by Crippen LogP contribution is -2.37. The SMILES string of the molecule is CC(C)(C)c1ccc(C(=O)Nc2ccc(S(=O)(=O)N[C@H]3CCOC3=O)cc2)cc1. The number of nitrogens with one attached hydrogen (secondary N) is 2. The third-order valence-electron chi connectivity index (χ3n) is 4.67. The number of cyclic esters (lactones) is 1. The summed E-state index contributed by atoms with van der Waals surface area (Å²) in [7, 11) is -3.86. The van der Waals surface area contributed by atoms with Crippen LogP contribution in [0.15, 0.2) is 53.4 Å². The molecule has 0 unspecified atom stereocenters. The Morgan fingerprint density at radius 2 is 1.66 bits per heavy atom. The summed E-state index contributed by atoms with van der Waals surface area (Å²) < 4.78 is 31.9. The molecule has 2 aromatic rings. The molecule has 0 aliphatic carbocycles. The number of amides is 1. The monoisotopic (exact) mass is 416 g/mol. The first kappa shape index (κ1) is 21.0. The summed E-state index contributed by atoms with van der Waals surface area (Å²) >= 11 is 0. The number of hydrogen-bond acceptors (Lipinski definition) is 5. The van der Waals surface area contributed by atoms with E-state index in [1.165, 1.54) is 24.3 Å². The summed E-state index contributed by atoms with van der Waals surface area (Å²) in [5.74, 6) is -0.858. The second-order valence-corrected chi connectivity index (χ2v) is 9.65. The molecule has 154 valence electrons. The lowest BCUT2D eigenvalue weighted by atomic mass is 9.87. The molecule has 3 rings (SSSR count). The number of benzene rings is 2. The van der Waals surface area contributed by atoms with Crippen LogP contribution in [0.3, 0.4) is 0 Å². The van der Waals surface area contributed by atoms with E-state index in [4.69, 9.17) is 4.74 Å². The Morgan fingerprint density at radius 3 is 2.17 bits per heavy atom. The molecule has 0 aromatic heterocycles. The van der Waals surface area contributed by atoms with Crippen molar-refractivity contribution < 1.29 is 22.7 Å². The average Bonchev–Trinajstić information content (AvgIpc) is 3.05. The molecule has 1 amide bonds. The van der Waals surface area contributed by atoms with Gasteiger partial charge >= 0.3 is 5.97 Å². The summed E-state index contributed by atoms with van der Waals surface area (Å²) in [4.78, 5) is 23.9. The van der Waals surface area contributed by atoms with Gasteiger partial charge in [-0.3, -0.25) is 9.59 Å². The van der Waals surface area contributed by atoms with E-state index >= 15 is 0 Å². The number of anilines is 1. The van der Waals surface area contributed by atoms with Gasteiger partial charge in [0.25, 0.3) is 5.91 Å². The highest BCUT2D eigenvalue weighted by Gasteiger charge is 2.31. The van der Waals surface area contributed by atoms with Crippen LogP contribution in [0.1, 0.15) is 43.1 Å². The quantitative estimate of drug-likeness (QED) is 0.730. The molecule has 1 heterocycles. The Bertz CT molecular complexity index is 1010. The topological polar surface area (TPSA) is 102 Å². The molecular weight excluding hydrogens is 392 g/mol. The summed E-state index contributed by atoms with van der Waals surface area (Å²) in [6, 6.07) is 12.3. The van der Waals surface area contributed by atoms with Crippen molar-refractivity contribution in [2.45, 2.75) is 43.5 Å². The first-order valence-corrected chi connectivity index (χ1v) is 10.8. The summed E-state index contributed by atoms with van der Waals surface area (Å²) in [6.45, 7) is 6.50. The van der Waals surface area contributed by atoms with Gasteiger partial charge in [-0.25, -0.2) is 8.42 Å². The molecule has 2 aromatic carbocycles. The zero-order chi connectivity index (χ0) is 21.2. The Labute approximate surface area is 170 Å². The molecule has 0 bridgehead atoms. The van der Waals surface area contributed by atoms with Crippen molar-refractivity contribution in [3.05, 3.63) is 59.7 Å². The Morgan fingerprint density at radius 1 is 1.03 bits per heavy atom. The van der Waals surface area contributed by atoms with Crippen LogP contribution in [0.4, 0.5) is 5.69 Å². The smallest absolute Gasteiger partial charge is 0.324 e. The van der Waals surface area contributed by atoms with Crippen LogP contribution in [0.2, 0.25) is 0 Å². The molecule has 1 saturated heterocycles. The van der Waals surface area contributed by atoms with Crippen LogP contribution < -0.4 is 10.0 Å². The molecule has 1 atom stereocenters. The van der Waals surface area contributed by atoms with E-state index in [0.29, 0.717) is 17.7 Å². The predicted molar refractivity (Wildman–Crippen MR) is 109 cm³/mol. The van der Waals surface area contributed by atoms with Crippen molar-refractivity contribution in [3.63, 3.8) is 0 Å². The van der Waals surface area contributed by atoms with Gasteiger partial charge in [0, 0.05) is 17.7 Å². The number of ether oxygens (including phenoxy) is 1. The van der Waals surface area contributed by atoms with Gasteiger partial charge in [0.15, 0.2) is 0 Å². The van der Waals surface area contributed by atoms with Crippen molar-refractivity contribution in [1.29, 1.82) is 0 Å². The van der Waals surface area contributed by atoms with Gasteiger partial charge in [-0.15, -0.1) is 0 Å². The number of esters is 1. The fourth-order valence-electron chi connectivity index (χ4n) is 2.90. The number of hydrogen-bond donors (Lipinski definition) is 2. The number of rotatable bonds is 5. The van der Waals surface area contributed by atoms with Crippen LogP contribution in [-0.2, 0) is 25.0 Å². The highest BCUT2D eigenvalue weighted by Crippen LogP contribution is 2.23. The summed E-state index contributed by atoms with van der Waals surface area (Å²) in [5.41, 5.74) is 2.10. The minimum atomic E-state index is -3.86. The minimum Gasteiger partial charge on any atom is -0.464 e. The Balaban J connectivity index is 1.67. The molecule has 2 N–H and O–H groups in total. The maximum absolute atomic E-state index is 12.4. The van der Waals surface area contributed by atoms with Gasteiger partial charge < -0.3 is 10.1 Å². The van der Waals surface area contributed by atoms with Crippen molar-refractivity contribution in [1.82, 2.24) is 4.72 Å². The Hall–Kier alpha value is -2.71. The standard InChI is InChI=1S/C21H24N2O5S/c1-21(2,3)15-6-4-14(5-7-15)19(24)22-16-8-10-17(11-9-16)29(26,27)23-18-12-13-28-20(18)25/h4-11,18,23H,12-13H2,1-3H3,(H,22,24)/t18-/m0/s1. The second-order valence-electron chi connectivity index (χ2n) is 7.94. The van der Waals surface area contributed by atoms with E-state index in [-0.39, 0.29) is 22.8 Å². The van der Waals surface area contributed by atoms with E-state index in [1.54, 1.807) is 12.1 Å². The van der Waals surface area contributed by atoms with Crippen LogP contribution in [0.5, 0.6) is 0 Å². The fraction of sp³-hybridized carbons (Fsp3) is 0.333. The highest BCUT2D eigenvalue weighted by molar-refractivity contribution is 7.89. The zero-order valence-electron chi connectivity index (χ0n) is 16.6. The maximum Gasteiger partial charge on any atom is 0.324 e. The van der Waals surface area contributed by atoms with Gasteiger partial charge in [-0.05, 0) is 47.4 Å². The van der Waals surface area contributed by atoms with Crippen LogP contribution in [-0.4, -0.2) is 32.9 Å². The van der Waals surface area contributed by atoms with E-state index < -0.39 is 22.0 Å². The van der Waals surface area contributed by atoms with Crippen LogP contribution >= 0.6 is 0 Å². The minimum absolute atomic E-state index is 0.000397. The summed E-state index contributed by atoms with van der Waals surface area (Å²) in [5, 5.41) is 2.75. The Kier molecular flexibility index (Phi) is 5.77. The van der Waals surface area contributed by atoms with Crippen molar-refractivity contribution in [3.8, 4) is 0 Å². The first-order valence-electron chi connectivity index (χ1n) is 9.27. The number of carbonyl (C=O) groups excluding carboxylic acids is 2. The lowest BCUT2D eigenvalue weighted by molar-refractivity contribution is -0.139. The van der Waals surface area contributed by atoms with Gasteiger partial charge in [0.1, 0.15) is 6.04 Å². The van der Waals surface area contributed by atoms with Gasteiger partial charge in [-0.1, -0.05) is 32.9 Å². The van der Waals surface area contributed by atoms with Gasteiger partial charge in [0.05, 0.1) is 11.5 Å². The molecule has 0 radical (unpaired) electrons. The van der Waals surface area contributed by atoms with Gasteiger partial charge in [0.2, 0.25) is 10.0 Å². The molecule has 1 fully saturated rings. The van der Waals surface area contributed by atoms with E-state index in [2.05, 4.69) is 30.8 Å². The highest BCUT2D eigenvalue weighted by atomic mass is 32.2. The third-order valence-corrected chi connectivity index (χ3v) is 6.16. The summed E-state index contributed by atoms with van der Waals surface area (Å²) in [6.07, 6.45) is 0.306. The molecule has 0 spiro atoms. The fourth-order valence-corrected chi connectivity index (χ4v) is 4.12. The third kappa shape index (κ3) is 5.02. The second kappa shape index (κ2) is 7.96. The molecule has 29 heavy (non-hydrogen) atoms. The average molecular weight is 416 g/mol. The molecule has 1 aliphatic rings. The zero-order valence-corrected chi connectivity index (χ0v) is 17.4. The van der Waals surface area contributed by atoms with Crippen molar-refractivity contribution >= 4 is 27.6 Å². The largest absolute Gasteiger partial charge is 0.464 e. The predicted octanol–water partition coefficient (Wildman–Crippen LogP) is 2.83. The number of carbonyl (C=O) groups is 2. The normalized spacial score (nSPS) is 17.1. The molecule has 8 heteroatoms. The van der Waals surface area contributed by atoms with E-state index in [9.17, 15) is 18.0 Å². The molecular formula is C21H24N2O5S. The molecule has 1 aliphatic heterocycles. The first-order chi connectivity index (χ1) is 13.6. The van der Waals surface area contributed by atoms with Crippen LogP contribution in [0.25, 0.3) is 0 Å². The lowest BCUT2D eigenvalue weighted by Gasteiger charge is -2.19. The van der Waals surface area contributed by atoms with Gasteiger partial charge in [-0.2, -0.15) is 4.72 Å². The maximum atomic E-state index is 12.4. The van der Waals surface area contributed by atoms with Crippen LogP contribution in [0, 0.1) is 0 Å². The van der Waals surface area contributed by atoms with E-state index in [1.807, 2.05) is 12.1 Å². The van der Waals surface area contributed by atoms with E-state index in [0.717, 1.165) is 5.56 Å². The van der Waals surface area contributed by atoms with Crippen molar-refractivity contribution in [2.75, 3.05) is 11.9 Å².